The molecular formula is C19H21N5O4. The summed E-state index contributed by atoms with van der Waals surface area (Å²) < 4.78 is 6.57. The Hall–Kier alpha value is -3.36. The second-order valence-corrected chi connectivity index (χ2v) is 7.08. The molecule has 0 saturated carbocycles. The molecule has 4 rings (SSSR count). The second kappa shape index (κ2) is 6.99. The van der Waals surface area contributed by atoms with E-state index in [-0.39, 0.29) is 17.5 Å². The Kier molecular flexibility index (Phi) is 4.50. The normalized spacial score (nSPS) is 17.1. The Bertz CT molecular complexity index is 1160. The van der Waals surface area contributed by atoms with E-state index in [1.54, 1.807) is 37.1 Å². The maximum absolute atomic E-state index is 12.7. The maximum atomic E-state index is 12.7. The molecule has 9 nitrogen and oxygen atoms in total. The highest BCUT2D eigenvalue weighted by Crippen LogP contribution is 2.26. The number of likely N-dealkylation sites (tertiary alicyclic amines) is 1. The molecule has 3 aromatic rings. The number of hydrogen-bond acceptors (Lipinski definition) is 5. The average molecular weight is 383 g/mol. The van der Waals surface area contributed by atoms with E-state index in [0.717, 1.165) is 12.8 Å². The quantitative estimate of drug-likeness (QED) is 0.702. The molecule has 0 bridgehead atoms. The van der Waals surface area contributed by atoms with Crippen LogP contribution < -0.4 is 16.6 Å². The summed E-state index contributed by atoms with van der Waals surface area (Å²) in [6.45, 7) is 2.87. The largest absolute Gasteiger partial charge is 0.419 e. The zero-order chi connectivity index (χ0) is 19.8. The van der Waals surface area contributed by atoms with Gasteiger partial charge in [0, 0.05) is 43.9 Å². The first-order chi connectivity index (χ1) is 13.4. The number of nitrogens with zero attached hydrogens (tertiary/aromatic N) is 3. The van der Waals surface area contributed by atoms with E-state index in [2.05, 4.69) is 15.3 Å². The molecule has 1 saturated heterocycles. The minimum Gasteiger partial charge on any atom is -0.408 e. The standard InChI is InChI=1S/C19H21N5O4/c1-11-20-14(9-17(25)21-11)12-4-3-7-24(10-12)18(26)22-13-5-6-15-16(8-13)28-19(27)23(15)2/h5-6,8-9,12H,3-4,7,10H2,1-2H3,(H,22,26)(H,20,21,25). The molecule has 0 radical (unpaired) electrons. The number of piperidine rings is 1. The van der Waals surface area contributed by atoms with Crippen LogP contribution in [0.4, 0.5) is 10.5 Å². The molecule has 28 heavy (non-hydrogen) atoms. The van der Waals surface area contributed by atoms with Gasteiger partial charge in [-0.3, -0.25) is 9.36 Å². The molecule has 0 spiro atoms. The van der Waals surface area contributed by atoms with Crippen molar-refractivity contribution in [3.05, 3.63) is 56.7 Å². The number of aromatic nitrogens is 3. The van der Waals surface area contributed by atoms with Gasteiger partial charge in [-0.15, -0.1) is 0 Å². The molecule has 1 atom stereocenters. The first-order valence-electron chi connectivity index (χ1n) is 9.14. The lowest BCUT2D eigenvalue weighted by molar-refractivity contribution is 0.192. The van der Waals surface area contributed by atoms with Crippen LogP contribution in [-0.4, -0.2) is 38.6 Å². The highest BCUT2D eigenvalue weighted by Gasteiger charge is 2.26. The Morgan fingerprint density at radius 1 is 1.32 bits per heavy atom. The molecule has 3 heterocycles. The first kappa shape index (κ1) is 18.0. The number of nitrogens with one attached hydrogen (secondary N) is 2. The predicted octanol–water partition coefficient (Wildman–Crippen LogP) is 1.93. The summed E-state index contributed by atoms with van der Waals surface area (Å²) in [5.74, 6) is 0.148. The second-order valence-electron chi connectivity index (χ2n) is 7.08. The fraction of sp³-hybridized carbons (Fsp3) is 0.368. The minimum absolute atomic E-state index is 0.0233. The van der Waals surface area contributed by atoms with E-state index >= 15 is 0 Å². The zero-order valence-electron chi connectivity index (χ0n) is 15.7. The number of carbonyl (C=O) groups excluding carboxylic acids is 1. The van der Waals surface area contributed by atoms with Crippen molar-refractivity contribution in [1.29, 1.82) is 0 Å². The number of fused-ring (bicyclic) bond motifs is 1. The van der Waals surface area contributed by atoms with Gasteiger partial charge in [0.05, 0.1) is 11.2 Å². The van der Waals surface area contributed by atoms with Gasteiger partial charge in [0.2, 0.25) is 0 Å². The lowest BCUT2D eigenvalue weighted by Gasteiger charge is -2.32. The summed E-state index contributed by atoms with van der Waals surface area (Å²) in [5, 5.41) is 2.85. The van der Waals surface area contributed by atoms with Crippen molar-refractivity contribution in [2.75, 3.05) is 18.4 Å². The van der Waals surface area contributed by atoms with Crippen LogP contribution in [0.2, 0.25) is 0 Å². The van der Waals surface area contributed by atoms with Crippen LogP contribution in [0, 0.1) is 6.92 Å². The molecule has 1 aromatic carbocycles. The third-order valence-electron chi connectivity index (χ3n) is 5.05. The van der Waals surface area contributed by atoms with Gasteiger partial charge in [0.25, 0.3) is 5.56 Å². The molecule has 2 amide bonds. The number of rotatable bonds is 2. The number of aryl methyl sites for hydroxylation is 2. The van der Waals surface area contributed by atoms with E-state index < -0.39 is 5.76 Å². The van der Waals surface area contributed by atoms with Crippen LogP contribution in [0.25, 0.3) is 11.1 Å². The molecule has 2 aromatic heterocycles. The number of carbonyl (C=O) groups is 1. The van der Waals surface area contributed by atoms with Crippen LogP contribution >= 0.6 is 0 Å². The Morgan fingerprint density at radius 3 is 2.93 bits per heavy atom. The summed E-state index contributed by atoms with van der Waals surface area (Å²) in [6, 6.07) is 6.38. The lowest BCUT2D eigenvalue weighted by Crippen LogP contribution is -2.42. The van der Waals surface area contributed by atoms with Gasteiger partial charge in [-0.1, -0.05) is 0 Å². The lowest BCUT2D eigenvalue weighted by atomic mass is 9.94. The van der Waals surface area contributed by atoms with Gasteiger partial charge in [0.15, 0.2) is 5.58 Å². The summed E-state index contributed by atoms with van der Waals surface area (Å²) >= 11 is 0. The van der Waals surface area contributed by atoms with Gasteiger partial charge in [-0.2, -0.15) is 0 Å². The number of benzene rings is 1. The van der Waals surface area contributed by atoms with Crippen molar-refractivity contribution in [2.24, 2.45) is 7.05 Å². The van der Waals surface area contributed by atoms with Crippen LogP contribution in [0.1, 0.15) is 30.3 Å². The van der Waals surface area contributed by atoms with Gasteiger partial charge >= 0.3 is 11.8 Å². The molecule has 1 aliphatic rings. The van der Waals surface area contributed by atoms with Crippen LogP contribution in [0.3, 0.4) is 0 Å². The summed E-state index contributed by atoms with van der Waals surface area (Å²) in [6.07, 6.45) is 1.71. The molecule has 9 heteroatoms. The van der Waals surface area contributed by atoms with Gasteiger partial charge in [-0.05, 0) is 31.9 Å². The van der Waals surface area contributed by atoms with Gasteiger partial charge in [-0.25, -0.2) is 14.6 Å². The Morgan fingerprint density at radius 2 is 2.14 bits per heavy atom. The third-order valence-corrected chi connectivity index (χ3v) is 5.05. The summed E-state index contributed by atoms with van der Waals surface area (Å²) in [5.41, 5.74) is 2.17. The van der Waals surface area contributed by atoms with Crippen LogP contribution in [-0.2, 0) is 7.05 Å². The van der Waals surface area contributed by atoms with Crippen LogP contribution in [0.15, 0.2) is 38.3 Å². The van der Waals surface area contributed by atoms with Crippen molar-refractivity contribution in [2.45, 2.75) is 25.7 Å². The fourth-order valence-corrected chi connectivity index (χ4v) is 3.63. The first-order valence-corrected chi connectivity index (χ1v) is 9.14. The number of H-pyrrole nitrogens is 1. The maximum Gasteiger partial charge on any atom is 0.419 e. The van der Waals surface area contributed by atoms with E-state index in [0.29, 0.717) is 41.4 Å². The van der Waals surface area contributed by atoms with E-state index in [9.17, 15) is 14.4 Å². The number of anilines is 1. The van der Waals surface area contributed by atoms with E-state index in [4.69, 9.17) is 4.42 Å². The van der Waals surface area contributed by atoms with Crippen molar-refractivity contribution in [1.82, 2.24) is 19.4 Å². The zero-order valence-corrected chi connectivity index (χ0v) is 15.7. The fourth-order valence-electron chi connectivity index (χ4n) is 3.63. The monoisotopic (exact) mass is 383 g/mol. The van der Waals surface area contributed by atoms with Gasteiger partial charge < -0.3 is 19.6 Å². The van der Waals surface area contributed by atoms with E-state index in [1.807, 2.05) is 0 Å². The molecule has 2 N–H and O–H groups in total. The molecule has 1 aliphatic heterocycles. The number of amides is 2. The van der Waals surface area contributed by atoms with Crippen molar-refractivity contribution < 1.29 is 9.21 Å². The average Bonchev–Trinajstić information content (AvgIpc) is 2.94. The molecule has 146 valence electrons. The number of aromatic amines is 1. The number of oxazole rings is 1. The van der Waals surface area contributed by atoms with E-state index in [1.165, 1.54) is 10.6 Å². The third kappa shape index (κ3) is 3.42. The molecule has 1 fully saturated rings. The summed E-state index contributed by atoms with van der Waals surface area (Å²) in [7, 11) is 1.63. The summed E-state index contributed by atoms with van der Waals surface area (Å²) in [4.78, 5) is 44.8. The van der Waals surface area contributed by atoms with Gasteiger partial charge in [0.1, 0.15) is 5.82 Å². The topological polar surface area (TPSA) is 113 Å². The SMILES string of the molecule is Cc1nc(C2CCCN(C(=O)Nc3ccc4c(c3)oc(=O)n4C)C2)cc(=O)[nH]1. The predicted molar refractivity (Wildman–Crippen MR) is 104 cm³/mol. The van der Waals surface area contributed by atoms with Crippen molar-refractivity contribution in [3.8, 4) is 0 Å². The number of hydrogen-bond donors (Lipinski definition) is 2. The molecule has 0 aliphatic carbocycles. The number of urea groups is 1. The smallest absolute Gasteiger partial charge is 0.408 e. The van der Waals surface area contributed by atoms with Crippen LogP contribution in [0.5, 0.6) is 0 Å². The Labute approximate surface area is 160 Å². The molecule has 1 unspecified atom stereocenters. The van der Waals surface area contributed by atoms with Crippen molar-refractivity contribution >= 4 is 22.8 Å². The Balaban J connectivity index is 1.50. The highest BCUT2D eigenvalue weighted by molar-refractivity contribution is 5.91. The molecular weight excluding hydrogens is 362 g/mol. The minimum atomic E-state index is -0.446. The van der Waals surface area contributed by atoms with Crippen molar-refractivity contribution in [3.63, 3.8) is 0 Å². The highest BCUT2D eigenvalue weighted by atomic mass is 16.4.